The predicted molar refractivity (Wildman–Crippen MR) is 95.5 cm³/mol. The number of hydrogen-bond donors (Lipinski definition) is 1. The summed E-state index contributed by atoms with van der Waals surface area (Å²) in [6.45, 7) is 4.58. The van der Waals surface area contributed by atoms with Crippen LogP contribution < -0.4 is 5.32 Å². The molecule has 25 heavy (non-hydrogen) atoms. The number of hydrogen-bond acceptors (Lipinski definition) is 3. The molecule has 4 nitrogen and oxygen atoms in total. The number of piperidine rings is 1. The summed E-state index contributed by atoms with van der Waals surface area (Å²) >= 11 is 0. The fourth-order valence-electron chi connectivity index (χ4n) is 3.20. The minimum atomic E-state index is -0.306. The number of carbonyl (C=O) groups is 1. The molecule has 1 saturated heterocycles. The van der Waals surface area contributed by atoms with Gasteiger partial charge in [0.05, 0.1) is 12.6 Å². The van der Waals surface area contributed by atoms with E-state index in [1.54, 1.807) is 24.5 Å². The van der Waals surface area contributed by atoms with E-state index in [9.17, 15) is 9.18 Å². The van der Waals surface area contributed by atoms with E-state index in [2.05, 4.69) is 22.1 Å². The van der Waals surface area contributed by atoms with Gasteiger partial charge in [-0.15, -0.1) is 0 Å². The van der Waals surface area contributed by atoms with E-state index in [4.69, 9.17) is 0 Å². The van der Waals surface area contributed by atoms with Crippen LogP contribution in [0.2, 0.25) is 0 Å². The lowest BCUT2D eigenvalue weighted by Crippen LogP contribution is -2.42. The Bertz CT molecular complexity index is 682. The van der Waals surface area contributed by atoms with Crippen molar-refractivity contribution < 1.29 is 9.18 Å². The van der Waals surface area contributed by atoms with E-state index in [0.29, 0.717) is 6.54 Å². The maximum atomic E-state index is 13.3. The summed E-state index contributed by atoms with van der Waals surface area (Å²) in [6.07, 6.45) is 5.67. The average Bonchev–Trinajstić information content (AvgIpc) is 2.63. The van der Waals surface area contributed by atoms with Crippen molar-refractivity contribution in [3.05, 3.63) is 65.7 Å². The number of halogens is 1. The Hall–Kier alpha value is -2.27. The topological polar surface area (TPSA) is 45.2 Å². The second-order valence-corrected chi connectivity index (χ2v) is 6.79. The summed E-state index contributed by atoms with van der Waals surface area (Å²) < 4.78 is 13.3. The summed E-state index contributed by atoms with van der Waals surface area (Å²) in [5.74, 6) is 0.440. The molecule has 132 valence electrons. The number of nitrogens with one attached hydrogen (secondary N) is 1. The standard InChI is InChI=1S/C20H24FN3O/c1-15-8-12-24(13-9-15)14-19(25)23-20(17-6-10-22-11-7-17)16-2-4-18(21)5-3-16/h2-7,10-11,15,20H,8-9,12-14H2,1H3,(H,23,25)/t20-/m1/s1. The van der Waals surface area contributed by atoms with Crippen LogP contribution in [-0.4, -0.2) is 35.4 Å². The molecule has 1 aliphatic rings. The molecule has 0 radical (unpaired) electrons. The van der Waals surface area contributed by atoms with Gasteiger partial charge in [-0.3, -0.25) is 14.7 Å². The van der Waals surface area contributed by atoms with Crippen molar-refractivity contribution in [2.45, 2.75) is 25.8 Å². The minimum absolute atomic E-state index is 0.0132. The first kappa shape index (κ1) is 17.5. The fraction of sp³-hybridized carbons (Fsp3) is 0.400. The second-order valence-electron chi connectivity index (χ2n) is 6.79. The number of benzene rings is 1. The largest absolute Gasteiger partial charge is 0.344 e. The molecule has 1 amide bonds. The molecule has 1 N–H and O–H groups in total. The third-order valence-corrected chi connectivity index (χ3v) is 4.79. The molecule has 5 heteroatoms. The van der Waals surface area contributed by atoms with Gasteiger partial charge in [0.2, 0.25) is 5.91 Å². The number of likely N-dealkylation sites (tertiary alicyclic amines) is 1. The number of pyridine rings is 1. The molecule has 1 fully saturated rings. The summed E-state index contributed by atoms with van der Waals surface area (Å²) in [5.41, 5.74) is 1.79. The molecular weight excluding hydrogens is 317 g/mol. The molecule has 1 aromatic carbocycles. The van der Waals surface area contributed by atoms with Crippen LogP contribution in [0.15, 0.2) is 48.8 Å². The van der Waals surface area contributed by atoms with Crippen LogP contribution in [0.4, 0.5) is 4.39 Å². The lowest BCUT2D eigenvalue weighted by atomic mass is 9.98. The van der Waals surface area contributed by atoms with Gasteiger partial charge in [-0.25, -0.2) is 4.39 Å². The van der Waals surface area contributed by atoms with Crippen LogP contribution in [0.3, 0.4) is 0 Å². The van der Waals surface area contributed by atoms with E-state index < -0.39 is 0 Å². The van der Waals surface area contributed by atoms with Gasteiger partial charge >= 0.3 is 0 Å². The van der Waals surface area contributed by atoms with Gasteiger partial charge in [0.1, 0.15) is 5.82 Å². The van der Waals surface area contributed by atoms with Crippen molar-refractivity contribution in [1.82, 2.24) is 15.2 Å². The zero-order valence-electron chi connectivity index (χ0n) is 14.5. The molecule has 0 saturated carbocycles. The van der Waals surface area contributed by atoms with E-state index >= 15 is 0 Å². The number of amides is 1. The van der Waals surface area contributed by atoms with Gasteiger partial charge in [0.25, 0.3) is 0 Å². The van der Waals surface area contributed by atoms with E-state index in [0.717, 1.165) is 43.0 Å². The van der Waals surface area contributed by atoms with Crippen molar-refractivity contribution in [1.29, 1.82) is 0 Å². The Morgan fingerprint density at radius 3 is 2.40 bits per heavy atom. The average molecular weight is 341 g/mol. The van der Waals surface area contributed by atoms with Crippen molar-refractivity contribution in [3.63, 3.8) is 0 Å². The summed E-state index contributed by atoms with van der Waals surface area (Å²) in [4.78, 5) is 18.8. The lowest BCUT2D eigenvalue weighted by Gasteiger charge is -2.30. The molecule has 0 aliphatic carbocycles. The number of carbonyl (C=O) groups excluding carboxylic acids is 1. The SMILES string of the molecule is CC1CCN(CC(=O)N[C@@H](c2ccncc2)c2ccc(F)cc2)CC1. The van der Waals surface area contributed by atoms with Gasteiger partial charge in [0.15, 0.2) is 0 Å². The molecule has 2 aromatic rings. The van der Waals surface area contributed by atoms with Gasteiger partial charge in [0, 0.05) is 12.4 Å². The Labute approximate surface area is 148 Å². The molecule has 1 aromatic heterocycles. The number of nitrogens with zero attached hydrogens (tertiary/aromatic N) is 2. The highest BCUT2D eigenvalue weighted by Crippen LogP contribution is 2.22. The highest BCUT2D eigenvalue weighted by molar-refractivity contribution is 5.79. The Kier molecular flexibility index (Phi) is 5.76. The summed E-state index contributed by atoms with van der Waals surface area (Å²) in [5, 5.41) is 3.10. The first-order valence-corrected chi connectivity index (χ1v) is 8.79. The van der Waals surface area contributed by atoms with E-state index in [1.165, 1.54) is 12.1 Å². The Morgan fingerprint density at radius 2 is 1.76 bits per heavy atom. The van der Waals surface area contributed by atoms with Crippen molar-refractivity contribution in [3.8, 4) is 0 Å². The Morgan fingerprint density at radius 1 is 1.16 bits per heavy atom. The van der Waals surface area contributed by atoms with Crippen LogP contribution >= 0.6 is 0 Å². The van der Waals surface area contributed by atoms with Gasteiger partial charge < -0.3 is 5.32 Å². The van der Waals surface area contributed by atoms with Crippen LogP contribution in [0.5, 0.6) is 0 Å². The predicted octanol–water partition coefficient (Wildman–Crippen LogP) is 3.16. The van der Waals surface area contributed by atoms with Crippen LogP contribution in [0.1, 0.15) is 36.9 Å². The first-order valence-electron chi connectivity index (χ1n) is 8.79. The maximum absolute atomic E-state index is 13.3. The van der Waals surface area contributed by atoms with Gasteiger partial charge in [-0.1, -0.05) is 19.1 Å². The molecule has 3 rings (SSSR count). The van der Waals surface area contributed by atoms with Crippen LogP contribution in [0.25, 0.3) is 0 Å². The molecule has 0 unspecified atom stereocenters. The van der Waals surface area contributed by atoms with Gasteiger partial charge in [-0.05, 0) is 67.2 Å². The lowest BCUT2D eigenvalue weighted by molar-refractivity contribution is -0.123. The van der Waals surface area contributed by atoms with E-state index in [1.807, 2.05) is 12.1 Å². The van der Waals surface area contributed by atoms with Crippen molar-refractivity contribution in [2.75, 3.05) is 19.6 Å². The number of aromatic nitrogens is 1. The molecule has 1 atom stereocenters. The smallest absolute Gasteiger partial charge is 0.234 e. The molecular formula is C20H24FN3O. The van der Waals surface area contributed by atoms with Crippen molar-refractivity contribution >= 4 is 5.91 Å². The third-order valence-electron chi connectivity index (χ3n) is 4.79. The van der Waals surface area contributed by atoms with Crippen LogP contribution in [-0.2, 0) is 4.79 Å². The maximum Gasteiger partial charge on any atom is 0.234 e. The minimum Gasteiger partial charge on any atom is -0.344 e. The first-order chi connectivity index (χ1) is 12.1. The molecule has 0 spiro atoms. The van der Waals surface area contributed by atoms with E-state index in [-0.39, 0.29) is 17.8 Å². The summed E-state index contributed by atoms with van der Waals surface area (Å²) in [6, 6.07) is 9.70. The second kappa shape index (κ2) is 8.21. The zero-order valence-corrected chi connectivity index (χ0v) is 14.5. The highest BCUT2D eigenvalue weighted by Gasteiger charge is 2.21. The highest BCUT2D eigenvalue weighted by atomic mass is 19.1. The quantitative estimate of drug-likeness (QED) is 0.909. The molecule has 2 heterocycles. The zero-order chi connectivity index (χ0) is 17.6. The monoisotopic (exact) mass is 341 g/mol. The normalized spacial score (nSPS) is 17.2. The molecule has 1 aliphatic heterocycles. The molecule has 0 bridgehead atoms. The summed E-state index contributed by atoms with van der Waals surface area (Å²) in [7, 11) is 0. The van der Waals surface area contributed by atoms with Crippen molar-refractivity contribution in [2.24, 2.45) is 5.92 Å². The van der Waals surface area contributed by atoms with Gasteiger partial charge in [-0.2, -0.15) is 0 Å². The number of rotatable bonds is 5. The Balaban J connectivity index is 1.71. The fourth-order valence-corrected chi connectivity index (χ4v) is 3.20. The van der Waals surface area contributed by atoms with Crippen LogP contribution in [0, 0.1) is 11.7 Å². The third kappa shape index (κ3) is 4.86.